The van der Waals surface area contributed by atoms with E-state index in [2.05, 4.69) is 24.0 Å². The summed E-state index contributed by atoms with van der Waals surface area (Å²) >= 11 is 1.65. The molecule has 17 heavy (non-hydrogen) atoms. The molecule has 1 heterocycles. The van der Waals surface area contributed by atoms with Crippen molar-refractivity contribution in [3.8, 4) is 5.75 Å². The third-order valence-corrected chi connectivity index (χ3v) is 3.48. The third-order valence-electron chi connectivity index (χ3n) is 2.59. The maximum Gasteiger partial charge on any atom is 0.122 e. The minimum atomic E-state index is 0.501. The highest BCUT2D eigenvalue weighted by Gasteiger charge is 2.07. The number of rotatable bonds is 4. The van der Waals surface area contributed by atoms with E-state index in [-0.39, 0.29) is 0 Å². The number of hydrogen-bond donors (Lipinski definition) is 1. The van der Waals surface area contributed by atoms with Crippen LogP contribution in [0, 0.1) is 6.92 Å². The number of methoxy groups -OCH3 is 1. The SMILES string of the molecule is COc1ccc(C)cc1Cc1nc(CN)cs1. The van der Waals surface area contributed by atoms with Crippen molar-refractivity contribution in [3.63, 3.8) is 0 Å². The van der Waals surface area contributed by atoms with Gasteiger partial charge in [0.2, 0.25) is 0 Å². The van der Waals surface area contributed by atoms with Gasteiger partial charge in [-0.25, -0.2) is 4.98 Å². The fourth-order valence-corrected chi connectivity index (χ4v) is 2.56. The first-order valence-corrected chi connectivity index (χ1v) is 6.37. The van der Waals surface area contributed by atoms with Crippen LogP contribution >= 0.6 is 11.3 Å². The van der Waals surface area contributed by atoms with E-state index in [0.717, 1.165) is 22.9 Å². The molecule has 1 aromatic carbocycles. The van der Waals surface area contributed by atoms with Crippen LogP contribution in [0.2, 0.25) is 0 Å². The smallest absolute Gasteiger partial charge is 0.122 e. The molecule has 0 amide bonds. The van der Waals surface area contributed by atoms with Gasteiger partial charge in [0.25, 0.3) is 0 Å². The summed E-state index contributed by atoms with van der Waals surface area (Å²) in [5.41, 5.74) is 8.92. The molecule has 0 bridgehead atoms. The number of ether oxygens (including phenoxy) is 1. The zero-order chi connectivity index (χ0) is 12.3. The van der Waals surface area contributed by atoms with Gasteiger partial charge in [-0.2, -0.15) is 0 Å². The molecule has 3 nitrogen and oxygen atoms in total. The van der Waals surface area contributed by atoms with Gasteiger partial charge >= 0.3 is 0 Å². The van der Waals surface area contributed by atoms with Crippen molar-refractivity contribution in [2.24, 2.45) is 5.73 Å². The lowest BCUT2D eigenvalue weighted by molar-refractivity contribution is 0.410. The average molecular weight is 248 g/mol. The molecule has 0 spiro atoms. The summed E-state index contributed by atoms with van der Waals surface area (Å²) < 4.78 is 5.36. The van der Waals surface area contributed by atoms with Gasteiger partial charge in [-0.05, 0) is 13.0 Å². The van der Waals surface area contributed by atoms with Gasteiger partial charge in [-0.15, -0.1) is 11.3 Å². The lowest BCUT2D eigenvalue weighted by atomic mass is 10.1. The molecule has 2 aromatic rings. The summed E-state index contributed by atoms with van der Waals surface area (Å²) in [5, 5.41) is 3.09. The highest BCUT2D eigenvalue weighted by molar-refractivity contribution is 7.09. The van der Waals surface area contributed by atoms with Crippen LogP contribution in [0.25, 0.3) is 0 Å². The van der Waals surface area contributed by atoms with E-state index < -0.39 is 0 Å². The Morgan fingerprint density at radius 3 is 2.88 bits per heavy atom. The number of aromatic nitrogens is 1. The summed E-state index contributed by atoms with van der Waals surface area (Å²) in [6, 6.07) is 6.19. The average Bonchev–Trinajstić information content (AvgIpc) is 2.77. The topological polar surface area (TPSA) is 48.1 Å². The Hall–Kier alpha value is -1.39. The Morgan fingerprint density at radius 2 is 2.24 bits per heavy atom. The fraction of sp³-hybridized carbons (Fsp3) is 0.308. The number of aryl methyl sites for hydroxylation is 1. The fourth-order valence-electron chi connectivity index (χ4n) is 1.73. The second-order valence-corrected chi connectivity index (χ2v) is 4.87. The zero-order valence-electron chi connectivity index (χ0n) is 10.1. The third kappa shape index (κ3) is 2.84. The molecule has 0 aliphatic rings. The maximum atomic E-state index is 5.56. The predicted molar refractivity (Wildman–Crippen MR) is 70.5 cm³/mol. The minimum absolute atomic E-state index is 0.501. The number of nitrogens with two attached hydrogens (primary N) is 1. The summed E-state index contributed by atoms with van der Waals surface area (Å²) in [4.78, 5) is 4.47. The van der Waals surface area contributed by atoms with Crippen molar-refractivity contribution < 1.29 is 4.74 Å². The van der Waals surface area contributed by atoms with Gasteiger partial charge in [0, 0.05) is 23.9 Å². The maximum absolute atomic E-state index is 5.56. The molecular formula is C13H16N2OS. The van der Waals surface area contributed by atoms with Gasteiger partial charge in [0.05, 0.1) is 17.8 Å². The van der Waals surface area contributed by atoms with Crippen LogP contribution in [0.15, 0.2) is 23.6 Å². The molecular weight excluding hydrogens is 232 g/mol. The summed E-state index contributed by atoms with van der Waals surface area (Å²) in [5.74, 6) is 0.917. The van der Waals surface area contributed by atoms with E-state index in [0.29, 0.717) is 6.54 Å². The summed E-state index contributed by atoms with van der Waals surface area (Å²) in [7, 11) is 1.70. The number of nitrogens with zero attached hydrogens (tertiary/aromatic N) is 1. The van der Waals surface area contributed by atoms with Gasteiger partial charge in [0.15, 0.2) is 0 Å². The highest BCUT2D eigenvalue weighted by Crippen LogP contribution is 2.24. The normalized spacial score (nSPS) is 10.5. The zero-order valence-corrected chi connectivity index (χ0v) is 10.9. The summed E-state index contributed by atoms with van der Waals surface area (Å²) in [6.07, 6.45) is 0.801. The van der Waals surface area contributed by atoms with Crippen molar-refractivity contribution >= 4 is 11.3 Å². The van der Waals surface area contributed by atoms with E-state index >= 15 is 0 Å². The van der Waals surface area contributed by atoms with Crippen LogP contribution in [0.5, 0.6) is 5.75 Å². The van der Waals surface area contributed by atoms with Crippen LogP contribution < -0.4 is 10.5 Å². The van der Waals surface area contributed by atoms with Crippen LogP contribution in [-0.4, -0.2) is 12.1 Å². The quantitative estimate of drug-likeness (QED) is 0.904. The van der Waals surface area contributed by atoms with Crippen molar-refractivity contribution in [2.75, 3.05) is 7.11 Å². The Bertz CT molecular complexity index is 508. The molecule has 0 radical (unpaired) electrons. The second kappa shape index (κ2) is 5.29. The second-order valence-electron chi connectivity index (χ2n) is 3.93. The molecule has 2 N–H and O–H groups in total. The van der Waals surface area contributed by atoms with Gasteiger partial charge in [-0.1, -0.05) is 17.7 Å². The number of thiazole rings is 1. The van der Waals surface area contributed by atoms with Crippen molar-refractivity contribution in [1.82, 2.24) is 4.98 Å². The van der Waals surface area contributed by atoms with Crippen LogP contribution in [0.3, 0.4) is 0 Å². The standard InChI is InChI=1S/C13H16N2OS/c1-9-3-4-12(16-2)10(5-9)6-13-15-11(7-14)8-17-13/h3-5,8H,6-7,14H2,1-2H3. The Balaban J connectivity index is 2.25. The summed E-state index contributed by atoms with van der Waals surface area (Å²) in [6.45, 7) is 2.58. The van der Waals surface area contributed by atoms with Gasteiger partial charge in [0.1, 0.15) is 5.75 Å². The van der Waals surface area contributed by atoms with Crippen LogP contribution in [0.4, 0.5) is 0 Å². The molecule has 0 atom stereocenters. The number of hydrogen-bond acceptors (Lipinski definition) is 4. The first-order valence-electron chi connectivity index (χ1n) is 5.50. The highest BCUT2D eigenvalue weighted by atomic mass is 32.1. The van der Waals surface area contributed by atoms with Crippen molar-refractivity contribution in [1.29, 1.82) is 0 Å². The molecule has 0 aliphatic carbocycles. The molecule has 1 aromatic heterocycles. The van der Waals surface area contributed by atoms with E-state index in [4.69, 9.17) is 10.5 Å². The lowest BCUT2D eigenvalue weighted by Gasteiger charge is -2.07. The molecule has 90 valence electrons. The first-order chi connectivity index (χ1) is 8.22. The van der Waals surface area contributed by atoms with Crippen LogP contribution in [0.1, 0.15) is 21.8 Å². The largest absolute Gasteiger partial charge is 0.496 e. The van der Waals surface area contributed by atoms with Crippen molar-refractivity contribution in [2.45, 2.75) is 19.9 Å². The van der Waals surface area contributed by atoms with E-state index in [9.17, 15) is 0 Å². The Kier molecular flexibility index (Phi) is 3.76. The van der Waals surface area contributed by atoms with Gasteiger partial charge in [-0.3, -0.25) is 0 Å². The predicted octanol–water partition coefficient (Wildman–Crippen LogP) is 2.51. The first kappa shape index (κ1) is 12.1. The molecule has 0 saturated carbocycles. The van der Waals surface area contributed by atoms with Crippen molar-refractivity contribution in [3.05, 3.63) is 45.4 Å². The lowest BCUT2D eigenvalue weighted by Crippen LogP contribution is -1.98. The Morgan fingerprint density at radius 1 is 1.41 bits per heavy atom. The number of benzene rings is 1. The molecule has 0 unspecified atom stereocenters. The molecule has 4 heteroatoms. The van der Waals surface area contributed by atoms with E-state index in [1.807, 2.05) is 11.4 Å². The molecule has 2 rings (SSSR count). The minimum Gasteiger partial charge on any atom is -0.496 e. The molecule has 0 saturated heterocycles. The molecule has 0 fully saturated rings. The van der Waals surface area contributed by atoms with Gasteiger partial charge < -0.3 is 10.5 Å². The molecule has 0 aliphatic heterocycles. The van der Waals surface area contributed by atoms with Crippen LogP contribution in [-0.2, 0) is 13.0 Å². The van der Waals surface area contributed by atoms with E-state index in [1.54, 1.807) is 18.4 Å². The van der Waals surface area contributed by atoms with E-state index in [1.165, 1.54) is 11.1 Å². The monoisotopic (exact) mass is 248 g/mol. The Labute approximate surface area is 105 Å².